The molecule has 3 heteroatoms. The van der Waals surface area contributed by atoms with Crippen molar-refractivity contribution < 1.29 is 0 Å². The van der Waals surface area contributed by atoms with E-state index >= 15 is 0 Å². The fourth-order valence-electron chi connectivity index (χ4n) is 2.52. The fourth-order valence-corrected chi connectivity index (χ4v) is 4.26. The Morgan fingerprint density at radius 1 is 1.39 bits per heavy atom. The van der Waals surface area contributed by atoms with Crippen LogP contribution in [0.4, 0.5) is 0 Å². The predicted octanol–water partition coefficient (Wildman–Crippen LogP) is 4.59. The van der Waals surface area contributed by atoms with E-state index in [2.05, 4.69) is 26.8 Å². The van der Waals surface area contributed by atoms with Gasteiger partial charge in [-0.25, -0.2) is 0 Å². The standard InChI is InChI=1S/C15H22ClNS/c1-14(2,3)11-8-15(9-11,10-17)18-13-6-4-5-12(16)7-13/h4-7,11H,8-10,17H2,1-3H3. The Balaban J connectivity index is 2.04. The van der Waals surface area contributed by atoms with Crippen molar-refractivity contribution in [2.24, 2.45) is 17.1 Å². The zero-order chi connectivity index (χ0) is 13.4. The van der Waals surface area contributed by atoms with Gasteiger partial charge in [0.15, 0.2) is 0 Å². The van der Waals surface area contributed by atoms with Gasteiger partial charge in [0.1, 0.15) is 0 Å². The molecule has 1 nitrogen and oxygen atoms in total. The van der Waals surface area contributed by atoms with Crippen LogP contribution >= 0.6 is 23.4 Å². The lowest BCUT2D eigenvalue weighted by Crippen LogP contribution is -2.50. The summed E-state index contributed by atoms with van der Waals surface area (Å²) in [6.07, 6.45) is 2.42. The maximum atomic E-state index is 6.03. The van der Waals surface area contributed by atoms with Crippen LogP contribution in [0.2, 0.25) is 5.02 Å². The van der Waals surface area contributed by atoms with Crippen LogP contribution in [0.3, 0.4) is 0 Å². The first kappa shape index (κ1) is 14.2. The average molecular weight is 284 g/mol. The first-order valence-corrected chi connectivity index (χ1v) is 7.69. The number of benzene rings is 1. The Morgan fingerprint density at radius 2 is 2.06 bits per heavy atom. The predicted molar refractivity (Wildman–Crippen MR) is 81.3 cm³/mol. The second-order valence-corrected chi connectivity index (χ2v) is 8.40. The molecule has 0 unspecified atom stereocenters. The number of halogens is 1. The molecule has 1 aliphatic carbocycles. The van der Waals surface area contributed by atoms with Gasteiger partial charge in [0.25, 0.3) is 0 Å². The quantitative estimate of drug-likeness (QED) is 0.878. The number of nitrogens with two attached hydrogens (primary N) is 1. The molecule has 0 amide bonds. The summed E-state index contributed by atoms with van der Waals surface area (Å²) in [5, 5.41) is 0.805. The minimum absolute atomic E-state index is 0.225. The smallest absolute Gasteiger partial charge is 0.0417 e. The van der Waals surface area contributed by atoms with Gasteiger partial charge < -0.3 is 5.73 Å². The van der Waals surface area contributed by atoms with Gasteiger partial charge in [0.2, 0.25) is 0 Å². The minimum Gasteiger partial charge on any atom is -0.329 e. The Labute approximate surface area is 119 Å². The molecule has 0 bridgehead atoms. The summed E-state index contributed by atoms with van der Waals surface area (Å²) in [5.74, 6) is 0.785. The van der Waals surface area contributed by atoms with Gasteiger partial charge in [-0.1, -0.05) is 38.4 Å². The van der Waals surface area contributed by atoms with Crippen molar-refractivity contribution >= 4 is 23.4 Å². The van der Waals surface area contributed by atoms with Crippen LogP contribution in [-0.4, -0.2) is 11.3 Å². The van der Waals surface area contributed by atoms with Crippen LogP contribution in [0, 0.1) is 11.3 Å². The Hall–Kier alpha value is -0.180. The van der Waals surface area contributed by atoms with E-state index in [1.54, 1.807) is 0 Å². The molecule has 100 valence electrons. The zero-order valence-electron chi connectivity index (χ0n) is 11.4. The van der Waals surface area contributed by atoms with Crippen LogP contribution < -0.4 is 5.73 Å². The van der Waals surface area contributed by atoms with Crippen molar-refractivity contribution in [3.63, 3.8) is 0 Å². The van der Waals surface area contributed by atoms with Crippen LogP contribution in [-0.2, 0) is 0 Å². The molecule has 2 rings (SSSR count). The van der Waals surface area contributed by atoms with Gasteiger partial charge in [-0.2, -0.15) is 0 Å². The van der Waals surface area contributed by atoms with Crippen LogP contribution in [0.1, 0.15) is 33.6 Å². The first-order valence-electron chi connectivity index (χ1n) is 6.49. The summed E-state index contributed by atoms with van der Waals surface area (Å²) >= 11 is 7.94. The molecule has 0 aromatic heterocycles. The number of hydrogen-bond donors (Lipinski definition) is 1. The molecule has 0 aliphatic heterocycles. The van der Waals surface area contributed by atoms with E-state index in [4.69, 9.17) is 17.3 Å². The van der Waals surface area contributed by atoms with Gasteiger partial charge in [-0.3, -0.25) is 0 Å². The maximum absolute atomic E-state index is 6.03. The molecular weight excluding hydrogens is 262 g/mol. The number of thioether (sulfide) groups is 1. The Bertz CT molecular complexity index is 419. The van der Waals surface area contributed by atoms with E-state index in [0.717, 1.165) is 17.5 Å². The molecule has 1 aromatic carbocycles. The molecule has 1 fully saturated rings. The SMILES string of the molecule is CC(C)(C)C1CC(CN)(Sc2cccc(Cl)c2)C1. The van der Waals surface area contributed by atoms with Crippen molar-refractivity contribution in [1.82, 2.24) is 0 Å². The van der Waals surface area contributed by atoms with E-state index < -0.39 is 0 Å². The molecule has 1 aromatic rings. The summed E-state index contributed by atoms with van der Waals surface area (Å²) in [6.45, 7) is 7.71. The monoisotopic (exact) mass is 283 g/mol. The van der Waals surface area contributed by atoms with Gasteiger partial charge in [0.05, 0.1) is 0 Å². The molecule has 2 N–H and O–H groups in total. The largest absolute Gasteiger partial charge is 0.329 e. The molecule has 1 saturated carbocycles. The van der Waals surface area contributed by atoms with Crippen LogP contribution in [0.25, 0.3) is 0 Å². The van der Waals surface area contributed by atoms with Gasteiger partial charge in [0, 0.05) is 21.2 Å². The lowest BCUT2D eigenvalue weighted by Gasteiger charge is -2.52. The van der Waals surface area contributed by atoms with Gasteiger partial charge in [-0.15, -0.1) is 11.8 Å². The highest BCUT2D eigenvalue weighted by Gasteiger charge is 2.48. The van der Waals surface area contributed by atoms with E-state index in [1.807, 2.05) is 30.0 Å². The molecule has 0 atom stereocenters. The molecule has 18 heavy (non-hydrogen) atoms. The molecule has 0 radical (unpaired) electrons. The topological polar surface area (TPSA) is 26.0 Å². The molecule has 1 aliphatic rings. The molecule has 0 saturated heterocycles. The van der Waals surface area contributed by atoms with Crippen molar-refractivity contribution in [2.75, 3.05) is 6.54 Å². The van der Waals surface area contributed by atoms with E-state index in [0.29, 0.717) is 5.41 Å². The average Bonchev–Trinajstić information content (AvgIpc) is 2.21. The first-order chi connectivity index (χ1) is 8.35. The summed E-state index contributed by atoms with van der Waals surface area (Å²) < 4.78 is 0.225. The third-order valence-electron chi connectivity index (χ3n) is 3.96. The molecule has 0 spiro atoms. The number of rotatable bonds is 3. The highest BCUT2D eigenvalue weighted by Crippen LogP contribution is 2.55. The minimum atomic E-state index is 0.225. The van der Waals surface area contributed by atoms with Gasteiger partial charge in [-0.05, 0) is 42.4 Å². The summed E-state index contributed by atoms with van der Waals surface area (Å²) in [7, 11) is 0. The van der Waals surface area contributed by atoms with Crippen LogP contribution in [0.5, 0.6) is 0 Å². The van der Waals surface area contributed by atoms with Crippen molar-refractivity contribution in [3.8, 4) is 0 Å². The lowest BCUT2D eigenvalue weighted by atomic mass is 9.62. The van der Waals surface area contributed by atoms with E-state index in [-0.39, 0.29) is 4.75 Å². The Morgan fingerprint density at radius 3 is 2.56 bits per heavy atom. The number of hydrogen-bond acceptors (Lipinski definition) is 2. The summed E-state index contributed by atoms with van der Waals surface area (Å²) in [4.78, 5) is 1.24. The summed E-state index contributed by atoms with van der Waals surface area (Å²) in [6, 6.07) is 8.08. The van der Waals surface area contributed by atoms with Crippen molar-refractivity contribution in [1.29, 1.82) is 0 Å². The van der Waals surface area contributed by atoms with Crippen molar-refractivity contribution in [2.45, 2.75) is 43.3 Å². The van der Waals surface area contributed by atoms with E-state index in [9.17, 15) is 0 Å². The second-order valence-electron chi connectivity index (χ2n) is 6.42. The van der Waals surface area contributed by atoms with Gasteiger partial charge >= 0.3 is 0 Å². The summed E-state index contributed by atoms with van der Waals surface area (Å²) in [5.41, 5.74) is 6.40. The molecular formula is C15H22ClNS. The molecule has 0 heterocycles. The third kappa shape index (κ3) is 3.04. The highest BCUT2D eigenvalue weighted by atomic mass is 35.5. The highest BCUT2D eigenvalue weighted by molar-refractivity contribution is 8.00. The second kappa shape index (κ2) is 5.07. The lowest BCUT2D eigenvalue weighted by molar-refractivity contribution is 0.102. The normalized spacial score (nSPS) is 27.9. The fraction of sp³-hybridized carbons (Fsp3) is 0.600. The maximum Gasteiger partial charge on any atom is 0.0417 e. The Kier molecular flexibility index (Phi) is 4.01. The third-order valence-corrected chi connectivity index (χ3v) is 5.62. The van der Waals surface area contributed by atoms with Crippen molar-refractivity contribution in [3.05, 3.63) is 29.3 Å². The van der Waals surface area contributed by atoms with Crippen LogP contribution in [0.15, 0.2) is 29.2 Å². The van der Waals surface area contributed by atoms with E-state index in [1.165, 1.54) is 17.7 Å². The zero-order valence-corrected chi connectivity index (χ0v) is 12.9.